The van der Waals surface area contributed by atoms with Crippen LogP contribution in [0.15, 0.2) is 0 Å². The predicted octanol–water partition coefficient (Wildman–Crippen LogP) is 9.16. The van der Waals surface area contributed by atoms with Crippen molar-refractivity contribution in [1.82, 2.24) is 0 Å². The molecule has 1 heterocycles. The number of esters is 1. The maximum Gasteiger partial charge on any atom is 0.311 e. The van der Waals surface area contributed by atoms with Gasteiger partial charge >= 0.3 is 5.97 Å². The lowest BCUT2D eigenvalue weighted by Gasteiger charge is -2.55. The number of cyclic esters (lactones) is 1. The zero-order valence-corrected chi connectivity index (χ0v) is 31.3. The summed E-state index contributed by atoms with van der Waals surface area (Å²) >= 11 is 0. The van der Waals surface area contributed by atoms with Crippen LogP contribution in [0.2, 0.25) is 54.4 Å². The molecule has 1 saturated heterocycles. The molecule has 0 radical (unpaired) electrons. The molecule has 6 atom stereocenters. The van der Waals surface area contributed by atoms with Crippen LogP contribution in [0, 0.1) is 11.8 Å². The van der Waals surface area contributed by atoms with Gasteiger partial charge in [-0.05, 0) is 87.5 Å². The molecule has 1 aliphatic rings. The van der Waals surface area contributed by atoms with Crippen molar-refractivity contribution in [2.24, 2.45) is 11.8 Å². The number of carbonyl (C=O) groups is 1. The highest BCUT2D eigenvalue weighted by Crippen LogP contribution is 2.48. The van der Waals surface area contributed by atoms with Gasteiger partial charge in [-0.25, -0.2) is 0 Å². The summed E-state index contributed by atoms with van der Waals surface area (Å²) < 4.78 is 28.3. The molecule has 0 aromatic rings. The van der Waals surface area contributed by atoms with Crippen LogP contribution in [0.25, 0.3) is 0 Å². The first-order valence-electron chi connectivity index (χ1n) is 15.2. The third kappa shape index (κ3) is 7.84. The first kappa shape index (κ1) is 36.0. The quantitative estimate of drug-likeness (QED) is 0.198. The molecule has 0 saturated carbocycles. The molecular weight excluding hydrogens is 525 g/mol. The summed E-state index contributed by atoms with van der Waals surface area (Å²) in [6.45, 7) is 38.2. The van der Waals surface area contributed by atoms with E-state index in [9.17, 15) is 4.79 Å². The Hall–Kier alpha value is 0.000649. The molecule has 5 nitrogen and oxygen atoms in total. The molecule has 0 unspecified atom stereocenters. The van der Waals surface area contributed by atoms with Crippen molar-refractivity contribution in [3.05, 3.63) is 0 Å². The van der Waals surface area contributed by atoms with Gasteiger partial charge in [0.05, 0.1) is 24.2 Å². The van der Waals surface area contributed by atoms with Gasteiger partial charge in [-0.2, -0.15) is 0 Å². The van der Waals surface area contributed by atoms with Gasteiger partial charge in [0.2, 0.25) is 0 Å². The Labute approximate surface area is 239 Å². The third-order valence-electron chi connectivity index (χ3n) is 10.3. The Balaban J connectivity index is 4.05. The van der Waals surface area contributed by atoms with Crippen molar-refractivity contribution in [2.75, 3.05) is 0 Å². The van der Waals surface area contributed by atoms with Gasteiger partial charge in [0, 0.05) is 0 Å². The van der Waals surface area contributed by atoms with Crippen LogP contribution < -0.4 is 0 Å². The molecule has 226 valence electrons. The summed E-state index contributed by atoms with van der Waals surface area (Å²) in [5.41, 5.74) is -0.790. The first-order chi connectivity index (χ1) is 16.9. The zero-order valence-electron chi connectivity index (χ0n) is 28.3. The van der Waals surface area contributed by atoms with Crippen molar-refractivity contribution in [2.45, 2.75) is 175 Å². The molecule has 0 N–H and O–H groups in total. The van der Waals surface area contributed by atoms with E-state index in [-0.39, 0.29) is 34.2 Å². The van der Waals surface area contributed by atoms with Crippen molar-refractivity contribution >= 4 is 30.9 Å². The van der Waals surface area contributed by atoms with Gasteiger partial charge in [0.25, 0.3) is 0 Å². The highest BCUT2D eigenvalue weighted by atomic mass is 28.4. The van der Waals surface area contributed by atoms with Crippen LogP contribution >= 0.6 is 0 Å². The van der Waals surface area contributed by atoms with E-state index in [1.165, 1.54) is 0 Å². The third-order valence-corrected chi connectivity index (χ3v) is 24.0. The Morgan fingerprint density at radius 1 is 0.816 bits per heavy atom. The molecule has 0 aromatic heterocycles. The van der Waals surface area contributed by atoms with Crippen LogP contribution in [-0.4, -0.2) is 54.8 Å². The Kier molecular flexibility index (Phi) is 11.8. The van der Waals surface area contributed by atoms with Crippen molar-refractivity contribution in [3.63, 3.8) is 0 Å². The van der Waals surface area contributed by atoms with E-state index in [2.05, 4.69) is 102 Å². The fourth-order valence-electron chi connectivity index (χ4n) is 5.34. The van der Waals surface area contributed by atoms with Crippen molar-refractivity contribution < 1.29 is 22.8 Å². The van der Waals surface area contributed by atoms with Gasteiger partial charge < -0.3 is 18.0 Å². The molecule has 0 spiro atoms. The zero-order chi connectivity index (χ0) is 30.1. The highest BCUT2D eigenvalue weighted by molar-refractivity contribution is 6.75. The van der Waals surface area contributed by atoms with Gasteiger partial charge in [0.15, 0.2) is 25.0 Å². The van der Waals surface area contributed by atoms with Crippen LogP contribution in [0.1, 0.15) is 96.4 Å². The molecule has 0 aliphatic carbocycles. The lowest BCUT2D eigenvalue weighted by atomic mass is 9.79. The SMILES string of the molecule is CC[Si](CC)(CC)O[C@]1(C)[C@H](O[Si](C)(C)C(C)(C)C)[C@H](C)C(=O)O[C@H](C)C[C@H](C)[C@@H]1O[Si](C)(C)C(C)(C)C. The van der Waals surface area contributed by atoms with Gasteiger partial charge in [-0.1, -0.05) is 69.2 Å². The summed E-state index contributed by atoms with van der Waals surface area (Å²) in [6, 6.07) is 3.08. The molecule has 1 rings (SSSR count). The maximum absolute atomic E-state index is 13.6. The van der Waals surface area contributed by atoms with Crippen LogP contribution in [0.3, 0.4) is 0 Å². The number of hydrogen-bond acceptors (Lipinski definition) is 5. The average molecular weight is 589 g/mol. The Morgan fingerprint density at radius 3 is 1.58 bits per heavy atom. The Bertz CT molecular complexity index is 773. The smallest absolute Gasteiger partial charge is 0.311 e. The van der Waals surface area contributed by atoms with E-state index < -0.39 is 42.6 Å². The lowest BCUT2D eigenvalue weighted by Crippen LogP contribution is -2.67. The van der Waals surface area contributed by atoms with Crippen LogP contribution in [0.5, 0.6) is 0 Å². The predicted molar refractivity (Wildman–Crippen MR) is 169 cm³/mol. The monoisotopic (exact) mass is 588 g/mol. The average Bonchev–Trinajstić information content (AvgIpc) is 2.78. The van der Waals surface area contributed by atoms with Crippen molar-refractivity contribution in [3.8, 4) is 0 Å². The molecule has 0 amide bonds. The molecule has 8 heteroatoms. The second-order valence-electron chi connectivity index (χ2n) is 15.4. The van der Waals surface area contributed by atoms with Gasteiger partial charge in [-0.3, -0.25) is 4.79 Å². The van der Waals surface area contributed by atoms with Crippen LogP contribution in [-0.2, 0) is 22.8 Å². The molecule has 0 aromatic carbocycles. The topological polar surface area (TPSA) is 54.0 Å². The second-order valence-corrected chi connectivity index (χ2v) is 29.6. The van der Waals surface area contributed by atoms with E-state index in [1.54, 1.807) is 0 Å². The summed E-state index contributed by atoms with van der Waals surface area (Å²) in [7, 11) is -6.64. The number of carbonyl (C=O) groups excluding carboxylic acids is 1. The fraction of sp³-hybridized carbons (Fsp3) is 0.967. The number of rotatable bonds is 9. The highest BCUT2D eigenvalue weighted by Gasteiger charge is 2.58. The fourth-order valence-corrected chi connectivity index (χ4v) is 11.3. The summed E-state index contributed by atoms with van der Waals surface area (Å²) in [5, 5.41) is 0.0274. The molecule has 0 bridgehead atoms. The Morgan fingerprint density at radius 2 is 1.21 bits per heavy atom. The second kappa shape index (κ2) is 12.5. The standard InChI is InChI=1S/C30H64O5Si3/c1-18-38(19-2,20-3)35-30(13)25(33-36(14,15)28(7,8)9)22(4)21-23(5)32-27(31)24(6)26(30)34-37(16,17)29(10,11)12/h22-26H,18-21H2,1-17H3/t22-,23+,24-,25-,26+,30-/m0/s1. The number of ether oxygens (including phenoxy) is 1. The maximum atomic E-state index is 13.6. The molecular formula is C30H64O5Si3. The first-order valence-corrected chi connectivity index (χ1v) is 23.5. The largest absolute Gasteiger partial charge is 0.462 e. The summed E-state index contributed by atoms with van der Waals surface area (Å²) in [5.74, 6) is -0.525. The molecule has 1 fully saturated rings. The van der Waals surface area contributed by atoms with Crippen LogP contribution in [0.4, 0.5) is 0 Å². The van der Waals surface area contributed by atoms with E-state index in [4.69, 9.17) is 18.0 Å². The van der Waals surface area contributed by atoms with Gasteiger partial charge in [0.1, 0.15) is 5.60 Å². The minimum Gasteiger partial charge on any atom is -0.462 e. The lowest BCUT2D eigenvalue weighted by molar-refractivity contribution is -0.166. The van der Waals surface area contributed by atoms with E-state index >= 15 is 0 Å². The minimum atomic E-state index is -2.29. The minimum absolute atomic E-state index is 0.0144. The summed E-state index contributed by atoms with van der Waals surface area (Å²) in [4.78, 5) is 13.6. The molecule has 1 aliphatic heterocycles. The number of hydrogen-bond donors (Lipinski definition) is 0. The van der Waals surface area contributed by atoms with Crippen molar-refractivity contribution in [1.29, 1.82) is 0 Å². The summed E-state index contributed by atoms with van der Waals surface area (Å²) in [6.07, 6.45) is -0.126. The van der Waals surface area contributed by atoms with E-state index in [0.717, 1.165) is 24.6 Å². The molecule has 38 heavy (non-hydrogen) atoms. The van der Waals surface area contributed by atoms with E-state index in [1.807, 2.05) is 13.8 Å². The van der Waals surface area contributed by atoms with E-state index in [0.29, 0.717) is 0 Å². The van der Waals surface area contributed by atoms with Gasteiger partial charge in [-0.15, -0.1) is 0 Å². The normalized spacial score (nSPS) is 30.9.